The van der Waals surface area contributed by atoms with Gasteiger partial charge in [-0.05, 0) is 36.8 Å². The predicted molar refractivity (Wildman–Crippen MR) is 74.2 cm³/mol. The van der Waals surface area contributed by atoms with Crippen molar-refractivity contribution < 1.29 is 13.5 Å². The zero-order valence-electron chi connectivity index (χ0n) is 11.2. The first-order chi connectivity index (χ1) is 9.04. The molecule has 1 heterocycles. The zero-order valence-corrected chi connectivity index (χ0v) is 12.1. The SMILES string of the molecule is CCC1(CO)CCN(S(=O)(=O)c2ccccc2)CC1. The average Bonchev–Trinajstić information content (AvgIpc) is 2.48. The van der Waals surface area contributed by atoms with Gasteiger partial charge in [-0.15, -0.1) is 0 Å². The molecule has 1 aromatic carbocycles. The number of aliphatic hydroxyl groups excluding tert-OH is 1. The summed E-state index contributed by atoms with van der Waals surface area (Å²) in [5.41, 5.74) is -0.0945. The smallest absolute Gasteiger partial charge is 0.243 e. The lowest BCUT2D eigenvalue weighted by Gasteiger charge is -2.39. The van der Waals surface area contributed by atoms with Crippen molar-refractivity contribution in [1.29, 1.82) is 0 Å². The number of nitrogens with zero attached hydrogens (tertiary/aromatic N) is 1. The summed E-state index contributed by atoms with van der Waals surface area (Å²) >= 11 is 0. The Morgan fingerprint density at radius 3 is 2.26 bits per heavy atom. The molecule has 19 heavy (non-hydrogen) atoms. The largest absolute Gasteiger partial charge is 0.396 e. The lowest BCUT2D eigenvalue weighted by atomic mass is 9.77. The van der Waals surface area contributed by atoms with Crippen LogP contribution in [0.4, 0.5) is 0 Å². The molecule has 0 spiro atoms. The zero-order chi connectivity index (χ0) is 13.9. The van der Waals surface area contributed by atoms with Gasteiger partial charge in [-0.3, -0.25) is 0 Å². The molecule has 0 aliphatic carbocycles. The molecule has 4 nitrogen and oxygen atoms in total. The van der Waals surface area contributed by atoms with Crippen LogP contribution in [-0.4, -0.2) is 37.5 Å². The van der Waals surface area contributed by atoms with Gasteiger partial charge in [-0.2, -0.15) is 4.31 Å². The number of piperidine rings is 1. The van der Waals surface area contributed by atoms with Crippen LogP contribution in [0.3, 0.4) is 0 Å². The number of aliphatic hydroxyl groups is 1. The minimum atomic E-state index is -3.38. The third-order valence-electron chi connectivity index (χ3n) is 4.25. The van der Waals surface area contributed by atoms with Crippen LogP contribution < -0.4 is 0 Å². The van der Waals surface area contributed by atoms with Gasteiger partial charge >= 0.3 is 0 Å². The van der Waals surface area contributed by atoms with Gasteiger partial charge in [0.15, 0.2) is 0 Å². The summed E-state index contributed by atoms with van der Waals surface area (Å²) < 4.78 is 26.4. The molecule has 0 atom stereocenters. The van der Waals surface area contributed by atoms with E-state index in [-0.39, 0.29) is 12.0 Å². The van der Waals surface area contributed by atoms with Gasteiger partial charge in [0.25, 0.3) is 0 Å². The number of rotatable bonds is 4. The van der Waals surface area contributed by atoms with Crippen molar-refractivity contribution in [3.8, 4) is 0 Å². The monoisotopic (exact) mass is 283 g/mol. The summed E-state index contributed by atoms with van der Waals surface area (Å²) in [7, 11) is -3.38. The lowest BCUT2D eigenvalue weighted by molar-refractivity contribution is 0.0647. The van der Waals surface area contributed by atoms with Gasteiger partial charge in [-0.1, -0.05) is 25.1 Å². The van der Waals surface area contributed by atoms with Gasteiger partial charge in [0, 0.05) is 19.7 Å². The highest BCUT2D eigenvalue weighted by molar-refractivity contribution is 7.89. The molecule has 0 saturated carbocycles. The third-order valence-corrected chi connectivity index (χ3v) is 6.16. The molecule has 1 aliphatic heterocycles. The maximum absolute atomic E-state index is 12.4. The van der Waals surface area contributed by atoms with Crippen molar-refractivity contribution in [1.82, 2.24) is 4.31 Å². The topological polar surface area (TPSA) is 57.6 Å². The second-order valence-corrected chi connectivity index (χ2v) is 7.17. The van der Waals surface area contributed by atoms with Crippen LogP contribution in [0.1, 0.15) is 26.2 Å². The summed E-state index contributed by atoms with van der Waals surface area (Å²) in [6.45, 7) is 3.18. The quantitative estimate of drug-likeness (QED) is 0.917. The first kappa shape index (κ1) is 14.5. The highest BCUT2D eigenvalue weighted by Crippen LogP contribution is 2.35. The van der Waals surface area contributed by atoms with Crippen molar-refractivity contribution in [2.45, 2.75) is 31.1 Å². The molecule has 0 amide bonds. The van der Waals surface area contributed by atoms with E-state index in [1.165, 1.54) is 4.31 Å². The predicted octanol–water partition coefficient (Wildman–Crippen LogP) is 1.86. The molecular formula is C14H21NO3S. The van der Waals surface area contributed by atoms with E-state index in [0.29, 0.717) is 18.0 Å². The lowest BCUT2D eigenvalue weighted by Crippen LogP contribution is -2.44. The van der Waals surface area contributed by atoms with Crippen molar-refractivity contribution in [2.75, 3.05) is 19.7 Å². The Balaban J connectivity index is 2.14. The van der Waals surface area contributed by atoms with Crippen LogP contribution in [0.25, 0.3) is 0 Å². The minimum absolute atomic E-state index is 0.0945. The normalized spacial score (nSPS) is 20.3. The van der Waals surface area contributed by atoms with Gasteiger partial charge in [0.05, 0.1) is 4.90 Å². The van der Waals surface area contributed by atoms with Gasteiger partial charge in [-0.25, -0.2) is 8.42 Å². The van der Waals surface area contributed by atoms with Crippen LogP contribution in [0.15, 0.2) is 35.2 Å². The van der Waals surface area contributed by atoms with E-state index in [0.717, 1.165) is 19.3 Å². The summed E-state index contributed by atoms with van der Waals surface area (Å²) in [5, 5.41) is 9.48. The Hall–Kier alpha value is -0.910. The molecule has 5 heteroatoms. The van der Waals surface area contributed by atoms with Crippen LogP contribution in [-0.2, 0) is 10.0 Å². The van der Waals surface area contributed by atoms with E-state index in [2.05, 4.69) is 6.92 Å². The first-order valence-corrected chi connectivity index (χ1v) is 8.14. The Morgan fingerprint density at radius 2 is 1.79 bits per heavy atom. The summed E-state index contributed by atoms with van der Waals surface area (Å²) in [6, 6.07) is 8.54. The van der Waals surface area contributed by atoms with Crippen molar-refractivity contribution in [3.05, 3.63) is 30.3 Å². The number of hydrogen-bond acceptors (Lipinski definition) is 3. The summed E-state index contributed by atoms with van der Waals surface area (Å²) in [6.07, 6.45) is 2.35. The molecule has 0 bridgehead atoms. The summed E-state index contributed by atoms with van der Waals surface area (Å²) in [4.78, 5) is 0.350. The van der Waals surface area contributed by atoms with Crippen LogP contribution >= 0.6 is 0 Å². The molecule has 1 aliphatic rings. The highest BCUT2D eigenvalue weighted by atomic mass is 32.2. The molecule has 1 saturated heterocycles. The van der Waals surface area contributed by atoms with Gasteiger partial charge in [0.1, 0.15) is 0 Å². The molecule has 0 unspecified atom stereocenters. The Morgan fingerprint density at radius 1 is 1.21 bits per heavy atom. The van der Waals surface area contributed by atoms with E-state index in [1.807, 2.05) is 6.07 Å². The van der Waals surface area contributed by atoms with Crippen molar-refractivity contribution in [2.24, 2.45) is 5.41 Å². The fourth-order valence-corrected chi connectivity index (χ4v) is 4.03. The average molecular weight is 283 g/mol. The standard InChI is InChI=1S/C14H21NO3S/c1-2-14(12-16)8-10-15(11-9-14)19(17,18)13-6-4-3-5-7-13/h3-7,16H,2,8-12H2,1H3. The number of benzene rings is 1. The van der Waals surface area contributed by atoms with E-state index in [9.17, 15) is 13.5 Å². The molecule has 0 radical (unpaired) electrons. The van der Waals surface area contributed by atoms with Crippen LogP contribution in [0.5, 0.6) is 0 Å². The van der Waals surface area contributed by atoms with Crippen LogP contribution in [0, 0.1) is 5.41 Å². The Bertz CT molecular complexity index is 499. The van der Waals surface area contributed by atoms with Crippen LogP contribution in [0.2, 0.25) is 0 Å². The number of hydrogen-bond donors (Lipinski definition) is 1. The maximum atomic E-state index is 12.4. The second-order valence-electron chi connectivity index (χ2n) is 5.23. The van der Waals surface area contributed by atoms with E-state index < -0.39 is 10.0 Å². The fraction of sp³-hybridized carbons (Fsp3) is 0.571. The Labute approximate surface area is 115 Å². The fourth-order valence-electron chi connectivity index (χ4n) is 2.57. The van der Waals surface area contributed by atoms with Crippen molar-refractivity contribution >= 4 is 10.0 Å². The maximum Gasteiger partial charge on any atom is 0.243 e. The highest BCUT2D eigenvalue weighted by Gasteiger charge is 2.36. The molecule has 2 rings (SSSR count). The molecule has 1 fully saturated rings. The Kier molecular flexibility index (Phi) is 4.28. The van der Waals surface area contributed by atoms with Gasteiger partial charge < -0.3 is 5.11 Å². The molecule has 1 N–H and O–H groups in total. The van der Waals surface area contributed by atoms with E-state index in [4.69, 9.17) is 0 Å². The van der Waals surface area contributed by atoms with E-state index in [1.54, 1.807) is 24.3 Å². The minimum Gasteiger partial charge on any atom is -0.396 e. The first-order valence-electron chi connectivity index (χ1n) is 6.70. The van der Waals surface area contributed by atoms with E-state index >= 15 is 0 Å². The second kappa shape index (κ2) is 5.61. The van der Waals surface area contributed by atoms with Crippen molar-refractivity contribution in [3.63, 3.8) is 0 Å². The number of sulfonamides is 1. The molecular weight excluding hydrogens is 262 g/mol. The molecule has 0 aromatic heterocycles. The summed E-state index contributed by atoms with van der Waals surface area (Å²) in [5.74, 6) is 0. The van der Waals surface area contributed by atoms with Gasteiger partial charge in [0.2, 0.25) is 10.0 Å². The molecule has 106 valence electrons. The molecule has 1 aromatic rings. The third kappa shape index (κ3) is 2.83.